The molecule has 7 heteroatoms. The Balaban J connectivity index is 1.81. The molecule has 0 spiro atoms. The zero-order chi connectivity index (χ0) is 24.2. The molecular weight excluding hydrogens is 432 g/mol. The predicted molar refractivity (Wildman–Crippen MR) is 130 cm³/mol. The molecule has 34 heavy (non-hydrogen) atoms. The largest absolute Gasteiger partial charge is 0.497 e. The number of nitrogens with zero attached hydrogens (tertiary/aromatic N) is 2. The monoisotopic (exact) mass is 458 g/mol. The highest BCUT2D eigenvalue weighted by Gasteiger charge is 2.42. The van der Waals surface area contributed by atoms with Gasteiger partial charge in [-0.15, -0.1) is 0 Å². The number of rotatable bonds is 8. The van der Waals surface area contributed by atoms with Crippen LogP contribution in [0.25, 0.3) is 5.57 Å². The molecule has 0 aromatic heterocycles. The third-order valence-electron chi connectivity index (χ3n) is 5.71. The molecule has 0 aliphatic carbocycles. The highest BCUT2D eigenvalue weighted by molar-refractivity contribution is 6.45. The third-order valence-corrected chi connectivity index (χ3v) is 5.71. The fraction of sp³-hybridized carbons (Fsp3) is 0.185. The van der Waals surface area contributed by atoms with Gasteiger partial charge in [0.05, 0.1) is 32.6 Å². The Morgan fingerprint density at radius 1 is 0.765 bits per heavy atom. The summed E-state index contributed by atoms with van der Waals surface area (Å²) in [5, 5.41) is 0. The maximum Gasteiger partial charge on any atom is 0.282 e. The van der Waals surface area contributed by atoms with Crippen molar-refractivity contribution in [2.45, 2.75) is 6.54 Å². The topological polar surface area (TPSA) is 68.3 Å². The lowest BCUT2D eigenvalue weighted by Gasteiger charge is -2.22. The van der Waals surface area contributed by atoms with Crippen LogP contribution in [0.4, 0.5) is 5.69 Å². The zero-order valence-electron chi connectivity index (χ0n) is 19.6. The average Bonchev–Trinajstić information content (AvgIpc) is 3.14. The highest BCUT2D eigenvalue weighted by Crippen LogP contribution is 2.38. The number of ether oxygens (including phenoxy) is 3. The molecule has 0 N–H and O–H groups in total. The number of amides is 2. The molecule has 1 heterocycles. The van der Waals surface area contributed by atoms with Gasteiger partial charge in [0.1, 0.15) is 11.4 Å². The molecule has 0 bridgehead atoms. The van der Waals surface area contributed by atoms with E-state index >= 15 is 0 Å². The van der Waals surface area contributed by atoms with Crippen LogP contribution in [0, 0.1) is 0 Å². The molecule has 174 valence electrons. The number of carbonyl (C=O) groups excluding carboxylic acids is 2. The molecule has 3 aromatic carbocycles. The number of likely N-dealkylation sites (N-methyl/N-ethyl adjacent to an activating group) is 1. The molecule has 7 nitrogen and oxygen atoms in total. The standard InChI is InChI=1S/C27H26N2O5/c1-28(17-18-8-6-5-7-9-18)25-24(19-10-15-22(33-3)23(16-19)34-4)26(30)29(27(25)31)20-11-13-21(32-2)14-12-20/h5-16H,17H2,1-4H3. The van der Waals surface area contributed by atoms with E-state index in [1.807, 2.05) is 42.3 Å². The van der Waals surface area contributed by atoms with Crippen LogP contribution in [0.2, 0.25) is 0 Å². The van der Waals surface area contributed by atoms with Gasteiger partial charge in [-0.3, -0.25) is 9.59 Å². The van der Waals surface area contributed by atoms with Gasteiger partial charge in [0.15, 0.2) is 11.5 Å². The lowest BCUT2D eigenvalue weighted by molar-refractivity contribution is -0.120. The molecular formula is C27H26N2O5. The van der Waals surface area contributed by atoms with E-state index in [0.717, 1.165) is 5.56 Å². The zero-order valence-corrected chi connectivity index (χ0v) is 19.6. The van der Waals surface area contributed by atoms with Gasteiger partial charge in [0.2, 0.25) is 0 Å². The van der Waals surface area contributed by atoms with Gasteiger partial charge in [-0.1, -0.05) is 36.4 Å². The first-order chi connectivity index (χ1) is 16.5. The Kier molecular flexibility index (Phi) is 6.54. The summed E-state index contributed by atoms with van der Waals surface area (Å²) in [6.07, 6.45) is 0. The van der Waals surface area contributed by atoms with E-state index in [-0.39, 0.29) is 0 Å². The molecule has 2 amide bonds. The summed E-state index contributed by atoms with van der Waals surface area (Å²) in [6, 6.07) is 21.8. The molecule has 0 atom stereocenters. The van der Waals surface area contributed by atoms with Crippen LogP contribution in [-0.4, -0.2) is 45.1 Å². The van der Waals surface area contributed by atoms with Crippen molar-refractivity contribution < 1.29 is 23.8 Å². The molecule has 0 saturated carbocycles. The van der Waals surface area contributed by atoms with Gasteiger partial charge in [0, 0.05) is 13.6 Å². The van der Waals surface area contributed by atoms with Gasteiger partial charge in [0.25, 0.3) is 11.8 Å². The van der Waals surface area contributed by atoms with Crippen LogP contribution in [0.15, 0.2) is 78.5 Å². The van der Waals surface area contributed by atoms with Crippen molar-refractivity contribution >= 4 is 23.1 Å². The summed E-state index contributed by atoms with van der Waals surface area (Å²) in [6.45, 7) is 0.461. The number of imide groups is 1. The van der Waals surface area contributed by atoms with Crippen molar-refractivity contribution in [3.8, 4) is 17.2 Å². The average molecular weight is 459 g/mol. The van der Waals surface area contributed by atoms with Crippen molar-refractivity contribution in [3.05, 3.63) is 89.6 Å². The van der Waals surface area contributed by atoms with Crippen LogP contribution in [0.1, 0.15) is 11.1 Å². The fourth-order valence-electron chi connectivity index (χ4n) is 4.03. The minimum atomic E-state index is -0.405. The minimum absolute atomic E-state index is 0.306. The summed E-state index contributed by atoms with van der Waals surface area (Å²) < 4.78 is 16.0. The van der Waals surface area contributed by atoms with Crippen molar-refractivity contribution in [2.24, 2.45) is 0 Å². The first kappa shape index (κ1) is 22.9. The lowest BCUT2D eigenvalue weighted by atomic mass is 10.0. The molecule has 3 aromatic rings. The summed E-state index contributed by atoms with van der Waals surface area (Å²) in [5.74, 6) is 0.851. The van der Waals surface area contributed by atoms with Crippen molar-refractivity contribution in [1.29, 1.82) is 0 Å². The van der Waals surface area contributed by atoms with Gasteiger partial charge in [-0.25, -0.2) is 4.90 Å². The Morgan fingerprint density at radius 2 is 1.44 bits per heavy atom. The van der Waals surface area contributed by atoms with Gasteiger partial charge in [-0.2, -0.15) is 0 Å². The number of benzene rings is 3. The molecule has 0 unspecified atom stereocenters. The van der Waals surface area contributed by atoms with Crippen molar-refractivity contribution in [3.63, 3.8) is 0 Å². The van der Waals surface area contributed by atoms with E-state index in [2.05, 4.69) is 0 Å². The SMILES string of the molecule is COc1ccc(N2C(=O)C(c3ccc(OC)c(OC)c3)=C(N(C)Cc3ccccc3)C2=O)cc1. The maximum absolute atomic E-state index is 13.7. The number of hydrogen-bond acceptors (Lipinski definition) is 6. The van der Waals surface area contributed by atoms with Crippen LogP contribution < -0.4 is 19.1 Å². The Labute approximate surface area is 198 Å². The van der Waals surface area contributed by atoms with E-state index in [4.69, 9.17) is 14.2 Å². The molecule has 1 aliphatic rings. The first-order valence-corrected chi connectivity index (χ1v) is 10.7. The van der Waals surface area contributed by atoms with Crippen molar-refractivity contribution in [2.75, 3.05) is 33.3 Å². The molecule has 0 fully saturated rings. The molecule has 1 aliphatic heterocycles. The van der Waals surface area contributed by atoms with Crippen molar-refractivity contribution in [1.82, 2.24) is 4.90 Å². The number of methoxy groups -OCH3 is 3. The van der Waals surface area contributed by atoms with E-state index in [1.165, 1.54) is 12.0 Å². The van der Waals surface area contributed by atoms with Crippen LogP contribution >= 0.6 is 0 Å². The number of anilines is 1. The summed E-state index contributed by atoms with van der Waals surface area (Å²) >= 11 is 0. The van der Waals surface area contributed by atoms with E-state index in [9.17, 15) is 9.59 Å². The second-order valence-electron chi connectivity index (χ2n) is 7.78. The Bertz CT molecular complexity index is 1240. The van der Waals surface area contributed by atoms with E-state index < -0.39 is 11.8 Å². The second kappa shape index (κ2) is 9.70. The predicted octanol–water partition coefficient (Wildman–Crippen LogP) is 4.13. The van der Waals surface area contributed by atoms with E-state index in [0.29, 0.717) is 46.3 Å². The van der Waals surface area contributed by atoms with E-state index in [1.54, 1.807) is 56.7 Å². The van der Waals surface area contributed by atoms with Crippen LogP contribution in [0.3, 0.4) is 0 Å². The normalized spacial score (nSPS) is 13.4. The number of hydrogen-bond donors (Lipinski definition) is 0. The highest BCUT2D eigenvalue weighted by atomic mass is 16.5. The quantitative estimate of drug-likeness (QED) is 0.473. The summed E-state index contributed by atoms with van der Waals surface area (Å²) in [4.78, 5) is 30.4. The number of carbonyl (C=O) groups is 2. The van der Waals surface area contributed by atoms with Gasteiger partial charge >= 0.3 is 0 Å². The third kappa shape index (κ3) is 4.20. The lowest BCUT2D eigenvalue weighted by Crippen LogP contribution is -2.34. The van der Waals surface area contributed by atoms with Crippen LogP contribution in [-0.2, 0) is 16.1 Å². The molecule has 4 rings (SSSR count). The Hall–Kier alpha value is -4.26. The smallest absolute Gasteiger partial charge is 0.282 e. The molecule has 0 saturated heterocycles. The molecule has 0 radical (unpaired) electrons. The fourth-order valence-corrected chi connectivity index (χ4v) is 4.03. The summed E-state index contributed by atoms with van der Waals surface area (Å²) in [7, 11) is 6.45. The summed E-state index contributed by atoms with van der Waals surface area (Å²) in [5.41, 5.74) is 2.68. The van der Waals surface area contributed by atoms with Crippen LogP contribution in [0.5, 0.6) is 17.2 Å². The maximum atomic E-state index is 13.7. The minimum Gasteiger partial charge on any atom is -0.497 e. The van der Waals surface area contributed by atoms with Gasteiger partial charge in [-0.05, 0) is 47.5 Å². The van der Waals surface area contributed by atoms with Gasteiger partial charge < -0.3 is 19.1 Å². The second-order valence-corrected chi connectivity index (χ2v) is 7.78. The first-order valence-electron chi connectivity index (χ1n) is 10.7. The Morgan fingerprint density at radius 3 is 2.06 bits per heavy atom.